The summed E-state index contributed by atoms with van der Waals surface area (Å²) in [4.78, 5) is -4.71. The Bertz CT molecular complexity index is 67.1. The molecule has 0 aromatic rings. The van der Waals surface area contributed by atoms with Crippen molar-refractivity contribution in [2.75, 3.05) is 0 Å². The van der Waals surface area contributed by atoms with Crippen molar-refractivity contribution < 1.29 is 10.5 Å². The molecule has 2 N–H and O–H groups in total. The van der Waals surface area contributed by atoms with Crippen molar-refractivity contribution in [3.8, 4) is 0 Å². The van der Waals surface area contributed by atoms with Gasteiger partial charge in [0.1, 0.15) is 0 Å². The second kappa shape index (κ2) is 2.09. The average Bonchev–Trinajstić information content (AvgIpc) is 0.592. The maximum absolute atomic E-state index is 4.99. The monoisotopic (exact) mass is 286 g/mol. The third-order valence-electron chi connectivity index (χ3n) is 0. The first-order valence-electron chi connectivity index (χ1n) is 0.717. The predicted molar refractivity (Wildman–Crippen MR) is 38.7 cm³/mol. The second-order valence-corrected chi connectivity index (χ2v) is 25.1. The van der Waals surface area contributed by atoms with Gasteiger partial charge in [-0.05, 0) is 0 Å². The Balaban J connectivity index is 0. The van der Waals surface area contributed by atoms with E-state index in [1.807, 2.05) is 0 Å². The van der Waals surface area contributed by atoms with E-state index in [4.69, 9.17) is 61.2 Å². The molecular formula is H2Cl6NiO. The van der Waals surface area contributed by atoms with Crippen LogP contribution in [0, 0.1) is 0 Å². The van der Waals surface area contributed by atoms with Crippen LogP contribution in [0.2, 0.25) is 0 Å². The summed E-state index contributed by atoms with van der Waals surface area (Å²) in [6.07, 6.45) is 0. The van der Waals surface area contributed by atoms with Gasteiger partial charge >= 0.3 is 66.1 Å². The summed E-state index contributed by atoms with van der Waals surface area (Å²) in [6.45, 7) is 0. The molecule has 8 heavy (non-hydrogen) atoms. The summed E-state index contributed by atoms with van der Waals surface area (Å²) in [7, 11) is 30.0. The van der Waals surface area contributed by atoms with Gasteiger partial charge in [-0.3, -0.25) is 0 Å². The van der Waals surface area contributed by atoms with E-state index in [9.17, 15) is 0 Å². The fraction of sp³-hybridized carbons (Fsp3) is 0. The van der Waals surface area contributed by atoms with Crippen LogP contribution in [-0.4, -0.2) is 5.48 Å². The molecule has 0 bridgehead atoms. The molecule has 0 aliphatic carbocycles. The number of halogens is 6. The predicted octanol–water partition coefficient (Wildman–Crippen LogP) is 3.31. The summed E-state index contributed by atoms with van der Waals surface area (Å²) in [5.74, 6) is 0. The van der Waals surface area contributed by atoms with Gasteiger partial charge in [-0.1, -0.05) is 0 Å². The normalized spacial score (nSPS) is 20.2. The standard InChI is InChI=1S/6ClH.Ni.H2O/h6*1H;;1H2/q;;;;;;+6;/p-6. The van der Waals surface area contributed by atoms with Crippen LogP contribution in [0.4, 0.5) is 0 Å². The SMILES string of the molecule is O.[Cl][Ni]([Cl])([Cl])([Cl])([Cl])[Cl]. The summed E-state index contributed by atoms with van der Waals surface area (Å²) in [6, 6.07) is 0. The van der Waals surface area contributed by atoms with Crippen molar-refractivity contribution in [3.63, 3.8) is 0 Å². The van der Waals surface area contributed by atoms with E-state index in [0.717, 1.165) is 0 Å². The van der Waals surface area contributed by atoms with Crippen LogP contribution in [0.25, 0.3) is 0 Å². The Kier molecular flexibility index (Phi) is 3.35. The molecule has 8 heteroatoms. The molecule has 0 aliphatic heterocycles. The van der Waals surface area contributed by atoms with Crippen LogP contribution < -0.4 is 0 Å². The molecule has 60 valence electrons. The van der Waals surface area contributed by atoms with E-state index < -0.39 is 4.98 Å². The van der Waals surface area contributed by atoms with Gasteiger partial charge in [-0.15, -0.1) is 0 Å². The van der Waals surface area contributed by atoms with Crippen LogP contribution in [0.3, 0.4) is 0 Å². The van der Waals surface area contributed by atoms with Gasteiger partial charge in [0.2, 0.25) is 0 Å². The Labute approximate surface area is 71.0 Å². The zero-order valence-electron chi connectivity index (χ0n) is 3.08. The number of hydrogen-bond donors (Lipinski definition) is 0. The molecule has 0 heterocycles. The minimum absolute atomic E-state index is 0. The van der Waals surface area contributed by atoms with Gasteiger partial charge < -0.3 is 5.48 Å². The average molecular weight is 289 g/mol. The van der Waals surface area contributed by atoms with E-state index >= 15 is 0 Å². The molecule has 0 unspecified atom stereocenters. The molecule has 1 nitrogen and oxygen atoms in total. The molecule has 0 aliphatic rings. The van der Waals surface area contributed by atoms with Crippen molar-refractivity contribution in [1.82, 2.24) is 0 Å². The molecule has 0 radical (unpaired) electrons. The Morgan fingerprint density at radius 3 is 0.625 bits per heavy atom. The Hall–Kier alpha value is 2.19. The zero-order valence-corrected chi connectivity index (χ0v) is 8.61. The van der Waals surface area contributed by atoms with Crippen molar-refractivity contribution >= 4 is 61.2 Å². The first-order chi connectivity index (χ1) is 2.45. The van der Waals surface area contributed by atoms with Crippen LogP contribution in [0.15, 0.2) is 0 Å². The summed E-state index contributed by atoms with van der Waals surface area (Å²) < 4.78 is 0. The first kappa shape index (κ1) is 12.8. The molecule has 0 spiro atoms. The van der Waals surface area contributed by atoms with Crippen molar-refractivity contribution in [2.24, 2.45) is 0 Å². The van der Waals surface area contributed by atoms with Crippen LogP contribution in [0.5, 0.6) is 0 Å². The molecule has 0 atom stereocenters. The molecule has 0 saturated carbocycles. The van der Waals surface area contributed by atoms with Crippen molar-refractivity contribution in [3.05, 3.63) is 0 Å². The van der Waals surface area contributed by atoms with E-state index in [2.05, 4.69) is 0 Å². The summed E-state index contributed by atoms with van der Waals surface area (Å²) in [5, 5.41) is 0. The van der Waals surface area contributed by atoms with E-state index in [-0.39, 0.29) is 5.48 Å². The quantitative estimate of drug-likeness (QED) is 0.613. The van der Waals surface area contributed by atoms with E-state index in [1.54, 1.807) is 0 Å². The van der Waals surface area contributed by atoms with Gasteiger partial charge in [0.05, 0.1) is 0 Å². The van der Waals surface area contributed by atoms with Crippen LogP contribution >= 0.6 is 61.2 Å². The topological polar surface area (TPSA) is 31.5 Å². The van der Waals surface area contributed by atoms with E-state index in [0.29, 0.717) is 0 Å². The molecule has 0 amide bonds. The van der Waals surface area contributed by atoms with Crippen LogP contribution in [-0.2, 0) is 4.98 Å². The van der Waals surface area contributed by atoms with Gasteiger partial charge in [-0.2, -0.15) is 0 Å². The zero-order chi connectivity index (χ0) is 6.41. The molecule has 0 rings (SSSR count). The number of rotatable bonds is 0. The van der Waals surface area contributed by atoms with Gasteiger partial charge in [-0.25, -0.2) is 0 Å². The van der Waals surface area contributed by atoms with Gasteiger partial charge in [0.15, 0.2) is 0 Å². The minimum atomic E-state index is -4.71. The first-order valence-corrected chi connectivity index (χ1v) is 8.87. The van der Waals surface area contributed by atoms with E-state index in [1.165, 1.54) is 0 Å². The Morgan fingerprint density at radius 1 is 0.625 bits per heavy atom. The van der Waals surface area contributed by atoms with Gasteiger partial charge in [0.25, 0.3) is 0 Å². The van der Waals surface area contributed by atoms with Crippen molar-refractivity contribution in [1.29, 1.82) is 0 Å². The molecule has 0 fully saturated rings. The third-order valence-corrected chi connectivity index (χ3v) is 0. The fourth-order valence-electron chi connectivity index (χ4n) is 0. The third kappa shape index (κ3) is 88.1. The van der Waals surface area contributed by atoms with Crippen LogP contribution in [0.1, 0.15) is 0 Å². The number of hydrogen-bond acceptors (Lipinski definition) is 0. The molecule has 0 saturated heterocycles. The summed E-state index contributed by atoms with van der Waals surface area (Å²) in [5.41, 5.74) is 0. The van der Waals surface area contributed by atoms with Crippen molar-refractivity contribution in [2.45, 2.75) is 0 Å². The Morgan fingerprint density at radius 2 is 0.625 bits per heavy atom. The fourth-order valence-corrected chi connectivity index (χ4v) is 0. The molecule has 0 aromatic heterocycles. The molecule has 0 aromatic carbocycles. The maximum atomic E-state index is 4.99. The second-order valence-electron chi connectivity index (χ2n) is 0.678. The summed E-state index contributed by atoms with van der Waals surface area (Å²) >= 11 is 0. The molecular weight excluding hydrogens is 287 g/mol. The van der Waals surface area contributed by atoms with Gasteiger partial charge in [0, 0.05) is 0 Å².